The molecule has 0 unspecified atom stereocenters. The van der Waals surface area contributed by atoms with E-state index in [1.54, 1.807) is 13.0 Å². The summed E-state index contributed by atoms with van der Waals surface area (Å²) in [6, 6.07) is 3.99. The Bertz CT molecular complexity index is 538. The Balaban J connectivity index is 2.91. The highest BCUT2D eigenvalue weighted by molar-refractivity contribution is 5.90. The van der Waals surface area contributed by atoms with Crippen LogP contribution >= 0.6 is 0 Å². The summed E-state index contributed by atoms with van der Waals surface area (Å²) in [6.07, 6.45) is -0.146. The van der Waals surface area contributed by atoms with E-state index in [0.717, 1.165) is 0 Å². The molecule has 0 aliphatic heterocycles. The Morgan fingerprint density at radius 1 is 1.33 bits per heavy atom. The van der Waals surface area contributed by atoms with Crippen molar-refractivity contribution in [3.05, 3.63) is 29.6 Å². The average Bonchev–Trinajstić information content (AvgIpc) is 2.33. The van der Waals surface area contributed by atoms with Gasteiger partial charge in [0, 0.05) is 23.3 Å². The van der Waals surface area contributed by atoms with Crippen molar-refractivity contribution in [1.29, 1.82) is 0 Å². The molecule has 0 aromatic heterocycles. The molecule has 0 saturated heterocycles. The van der Waals surface area contributed by atoms with Crippen molar-refractivity contribution in [1.82, 2.24) is 4.90 Å². The molecule has 0 bridgehead atoms. The third-order valence-electron chi connectivity index (χ3n) is 3.11. The summed E-state index contributed by atoms with van der Waals surface area (Å²) in [4.78, 5) is 24.5. The minimum Gasteiger partial charge on any atom is -0.481 e. The highest BCUT2D eigenvalue weighted by atomic mass is 19.1. The number of rotatable bonds is 4. The van der Waals surface area contributed by atoms with Gasteiger partial charge in [0.2, 0.25) is 0 Å². The molecule has 2 amide bonds. The highest BCUT2D eigenvalue weighted by Gasteiger charge is 2.27. The number of urea groups is 1. The summed E-state index contributed by atoms with van der Waals surface area (Å²) in [6.45, 7) is 7.09. The van der Waals surface area contributed by atoms with Crippen molar-refractivity contribution in [2.24, 2.45) is 0 Å². The van der Waals surface area contributed by atoms with Crippen molar-refractivity contribution in [2.45, 2.75) is 39.7 Å². The van der Waals surface area contributed by atoms with E-state index in [9.17, 15) is 14.0 Å². The number of hydrogen-bond acceptors (Lipinski definition) is 2. The largest absolute Gasteiger partial charge is 0.481 e. The summed E-state index contributed by atoms with van der Waals surface area (Å²) < 4.78 is 13.5. The molecule has 0 atom stereocenters. The maximum atomic E-state index is 13.5. The molecule has 6 heteroatoms. The van der Waals surface area contributed by atoms with Gasteiger partial charge in [0.15, 0.2) is 0 Å². The van der Waals surface area contributed by atoms with E-state index >= 15 is 0 Å². The van der Waals surface area contributed by atoms with Gasteiger partial charge in [-0.05, 0) is 39.8 Å². The predicted molar refractivity (Wildman–Crippen MR) is 78.9 cm³/mol. The molecule has 2 N–H and O–H groups in total. The molecule has 0 aliphatic rings. The van der Waals surface area contributed by atoms with Crippen LogP contribution in [0.3, 0.4) is 0 Å². The third-order valence-corrected chi connectivity index (χ3v) is 3.11. The van der Waals surface area contributed by atoms with Gasteiger partial charge < -0.3 is 15.3 Å². The van der Waals surface area contributed by atoms with Crippen LogP contribution in [0.15, 0.2) is 18.2 Å². The van der Waals surface area contributed by atoms with Crippen molar-refractivity contribution >= 4 is 17.7 Å². The Labute approximate surface area is 123 Å². The topological polar surface area (TPSA) is 69.6 Å². The van der Waals surface area contributed by atoms with Gasteiger partial charge in [0.05, 0.1) is 6.42 Å². The smallest absolute Gasteiger partial charge is 0.322 e. The number of hydrogen-bond donors (Lipinski definition) is 2. The number of aliphatic carboxylic acids is 1. The average molecular weight is 296 g/mol. The molecule has 1 aromatic carbocycles. The van der Waals surface area contributed by atoms with Crippen LogP contribution in [-0.2, 0) is 4.79 Å². The maximum absolute atomic E-state index is 13.5. The van der Waals surface area contributed by atoms with Crippen LogP contribution in [-0.4, -0.2) is 34.1 Å². The van der Waals surface area contributed by atoms with Crippen LogP contribution in [0.5, 0.6) is 0 Å². The van der Waals surface area contributed by atoms with Crippen LogP contribution in [0.4, 0.5) is 14.9 Å². The number of benzene rings is 1. The van der Waals surface area contributed by atoms with Gasteiger partial charge in [-0.25, -0.2) is 9.18 Å². The second-order valence-corrected chi connectivity index (χ2v) is 5.81. The molecule has 116 valence electrons. The molecule has 0 aliphatic carbocycles. The molecule has 5 nitrogen and oxygen atoms in total. The number of anilines is 1. The molecule has 0 fully saturated rings. The molecule has 1 rings (SSSR count). The molecule has 1 aromatic rings. The van der Waals surface area contributed by atoms with Crippen LogP contribution < -0.4 is 5.32 Å². The van der Waals surface area contributed by atoms with Crippen molar-refractivity contribution in [3.8, 4) is 0 Å². The number of carboxylic acid groups (broad SMARTS) is 1. The maximum Gasteiger partial charge on any atom is 0.322 e. The fraction of sp³-hybridized carbons (Fsp3) is 0.467. The van der Waals surface area contributed by atoms with Gasteiger partial charge in [0.25, 0.3) is 0 Å². The fourth-order valence-corrected chi connectivity index (χ4v) is 1.87. The number of carbonyl (C=O) groups excluding carboxylic acids is 1. The summed E-state index contributed by atoms with van der Waals surface area (Å²) in [7, 11) is 0. The number of nitrogens with zero attached hydrogens (tertiary/aromatic N) is 1. The Kier molecular flexibility index (Phi) is 5.29. The lowest BCUT2D eigenvalue weighted by Crippen LogP contribution is -2.48. The van der Waals surface area contributed by atoms with Gasteiger partial charge in [-0.15, -0.1) is 0 Å². The zero-order valence-corrected chi connectivity index (χ0v) is 12.7. The van der Waals surface area contributed by atoms with E-state index in [1.807, 2.05) is 20.8 Å². The first kappa shape index (κ1) is 16.9. The van der Waals surface area contributed by atoms with Gasteiger partial charge in [0.1, 0.15) is 5.82 Å². The normalized spacial score (nSPS) is 11.1. The molecular formula is C15H21FN2O3. The Hall–Kier alpha value is -2.11. The molecule has 0 spiro atoms. The Morgan fingerprint density at radius 2 is 1.95 bits per heavy atom. The molecule has 21 heavy (non-hydrogen) atoms. The highest BCUT2D eigenvalue weighted by Crippen LogP contribution is 2.20. The van der Waals surface area contributed by atoms with E-state index < -0.39 is 23.4 Å². The van der Waals surface area contributed by atoms with Crippen LogP contribution in [0.2, 0.25) is 0 Å². The lowest BCUT2D eigenvalue weighted by Gasteiger charge is -2.35. The first-order chi connectivity index (χ1) is 9.62. The number of nitrogens with one attached hydrogen (secondary N) is 1. The van der Waals surface area contributed by atoms with Crippen molar-refractivity contribution < 1.29 is 19.1 Å². The fourth-order valence-electron chi connectivity index (χ4n) is 1.87. The second-order valence-electron chi connectivity index (χ2n) is 5.81. The molecular weight excluding hydrogens is 275 g/mol. The number of halogens is 1. The summed E-state index contributed by atoms with van der Waals surface area (Å²) in [5.41, 5.74) is 0.184. The van der Waals surface area contributed by atoms with E-state index in [1.165, 1.54) is 17.0 Å². The monoisotopic (exact) mass is 296 g/mol. The summed E-state index contributed by atoms with van der Waals surface area (Å²) in [5, 5.41) is 11.4. The lowest BCUT2D eigenvalue weighted by molar-refractivity contribution is -0.137. The van der Waals surface area contributed by atoms with Crippen molar-refractivity contribution in [3.63, 3.8) is 0 Å². The first-order valence-corrected chi connectivity index (χ1v) is 6.68. The van der Waals surface area contributed by atoms with Gasteiger partial charge in [-0.1, -0.05) is 6.07 Å². The quantitative estimate of drug-likeness (QED) is 0.896. The van der Waals surface area contributed by atoms with Gasteiger partial charge in [-0.3, -0.25) is 4.79 Å². The zero-order valence-electron chi connectivity index (χ0n) is 12.7. The van der Waals surface area contributed by atoms with Crippen LogP contribution in [0.1, 0.15) is 32.8 Å². The molecule has 0 heterocycles. The van der Waals surface area contributed by atoms with E-state index in [-0.39, 0.29) is 13.0 Å². The van der Waals surface area contributed by atoms with E-state index in [4.69, 9.17) is 5.11 Å². The minimum absolute atomic E-state index is 0.0824. The number of amides is 2. The lowest BCUT2D eigenvalue weighted by atomic mass is 10.1. The summed E-state index contributed by atoms with van der Waals surface area (Å²) >= 11 is 0. The SMILES string of the molecule is Cc1c(F)cccc1NC(=O)N(CCC(=O)O)C(C)(C)C. The predicted octanol–water partition coefficient (Wildman–Crippen LogP) is 3.24. The third kappa shape index (κ3) is 4.73. The second kappa shape index (κ2) is 6.56. The zero-order chi connectivity index (χ0) is 16.2. The van der Waals surface area contributed by atoms with Crippen LogP contribution in [0, 0.1) is 12.7 Å². The van der Waals surface area contributed by atoms with Gasteiger partial charge in [-0.2, -0.15) is 0 Å². The first-order valence-electron chi connectivity index (χ1n) is 6.68. The van der Waals surface area contributed by atoms with E-state index in [0.29, 0.717) is 11.3 Å². The molecule has 0 radical (unpaired) electrons. The van der Waals surface area contributed by atoms with Gasteiger partial charge >= 0.3 is 12.0 Å². The Morgan fingerprint density at radius 3 is 2.48 bits per heavy atom. The summed E-state index contributed by atoms with van der Waals surface area (Å²) in [5.74, 6) is -1.38. The van der Waals surface area contributed by atoms with E-state index in [2.05, 4.69) is 5.32 Å². The van der Waals surface area contributed by atoms with Crippen molar-refractivity contribution in [2.75, 3.05) is 11.9 Å². The number of carbonyl (C=O) groups is 2. The minimum atomic E-state index is -0.973. The molecule has 0 saturated carbocycles. The number of carboxylic acids is 1. The van der Waals surface area contributed by atoms with Crippen LogP contribution in [0.25, 0.3) is 0 Å². The standard InChI is InChI=1S/C15H21FN2O3/c1-10-11(16)6-5-7-12(10)17-14(21)18(15(2,3)4)9-8-13(19)20/h5-7H,8-9H2,1-4H3,(H,17,21)(H,19,20).